The number of benzene rings is 1. The summed E-state index contributed by atoms with van der Waals surface area (Å²) in [6, 6.07) is 9.78. The number of nitrogen functional groups attached to an aromatic ring is 1. The summed E-state index contributed by atoms with van der Waals surface area (Å²) < 4.78 is 0. The molecule has 0 aliphatic heterocycles. The summed E-state index contributed by atoms with van der Waals surface area (Å²) in [5.74, 6) is 0. The van der Waals surface area contributed by atoms with E-state index in [2.05, 4.69) is 18.8 Å². The topological polar surface area (TPSA) is 38.9 Å². The van der Waals surface area contributed by atoms with Crippen molar-refractivity contribution in [2.45, 2.75) is 72.1 Å². The van der Waals surface area contributed by atoms with Crippen LogP contribution in [0.15, 0.2) is 30.3 Å². The average Bonchev–Trinajstić information content (AvgIpc) is 2.51. The number of unbranched alkanes of at least 4 members (excludes halogenated alkanes) is 7. The fourth-order valence-electron chi connectivity index (χ4n) is 2.55. The third-order valence-electron chi connectivity index (χ3n) is 3.83. The molecule has 2 heteroatoms. The summed E-state index contributed by atoms with van der Waals surface area (Å²) in [6.45, 7) is 6.49. The van der Waals surface area contributed by atoms with Crippen LogP contribution in [0.3, 0.4) is 0 Å². The van der Waals surface area contributed by atoms with Crippen molar-refractivity contribution in [3.05, 3.63) is 36.0 Å². The van der Waals surface area contributed by atoms with E-state index < -0.39 is 0 Å². The zero-order valence-corrected chi connectivity index (χ0v) is 14.6. The Morgan fingerprint density at radius 2 is 1.41 bits per heavy atom. The molecule has 1 aromatic heterocycles. The van der Waals surface area contributed by atoms with Crippen molar-refractivity contribution in [1.29, 1.82) is 0 Å². The van der Waals surface area contributed by atoms with E-state index in [4.69, 9.17) is 5.73 Å². The van der Waals surface area contributed by atoms with Gasteiger partial charge in [0.2, 0.25) is 0 Å². The van der Waals surface area contributed by atoms with Gasteiger partial charge in [-0.25, -0.2) is 0 Å². The van der Waals surface area contributed by atoms with Crippen molar-refractivity contribution in [2.24, 2.45) is 0 Å². The minimum Gasteiger partial charge on any atom is -0.398 e. The Bertz CT molecular complexity index is 526. The van der Waals surface area contributed by atoms with Crippen molar-refractivity contribution < 1.29 is 0 Å². The van der Waals surface area contributed by atoms with Crippen molar-refractivity contribution >= 4 is 16.6 Å². The fourth-order valence-corrected chi connectivity index (χ4v) is 2.55. The largest absolute Gasteiger partial charge is 0.398 e. The second-order valence-corrected chi connectivity index (χ2v) is 5.99. The molecule has 0 unspecified atom stereocenters. The maximum absolute atomic E-state index is 5.82. The molecule has 1 aromatic carbocycles. The van der Waals surface area contributed by atoms with Gasteiger partial charge in [0.15, 0.2) is 0 Å². The maximum atomic E-state index is 5.82. The Balaban J connectivity index is 0.000000225. The Kier molecular flexibility index (Phi) is 9.29. The quantitative estimate of drug-likeness (QED) is 0.612. The average molecular weight is 300 g/mol. The van der Waals surface area contributed by atoms with Crippen LogP contribution in [0.2, 0.25) is 0 Å². The van der Waals surface area contributed by atoms with Gasteiger partial charge in [0.1, 0.15) is 0 Å². The number of fused-ring (bicyclic) bond motifs is 1. The van der Waals surface area contributed by atoms with Gasteiger partial charge in [0, 0.05) is 16.8 Å². The molecule has 2 rings (SSSR count). The molecule has 0 bridgehead atoms. The second-order valence-electron chi connectivity index (χ2n) is 5.99. The Hall–Kier alpha value is -1.57. The normalized spacial score (nSPS) is 10.3. The second kappa shape index (κ2) is 11.1. The van der Waals surface area contributed by atoms with E-state index in [-0.39, 0.29) is 0 Å². The first-order valence-electron chi connectivity index (χ1n) is 8.80. The summed E-state index contributed by atoms with van der Waals surface area (Å²) >= 11 is 0. The van der Waals surface area contributed by atoms with Crippen molar-refractivity contribution in [2.75, 3.05) is 5.73 Å². The fraction of sp³-hybridized carbons (Fsp3) is 0.550. The predicted octanol–water partition coefficient (Wildman–Crippen LogP) is 6.27. The van der Waals surface area contributed by atoms with Crippen LogP contribution in [0.25, 0.3) is 10.9 Å². The molecule has 0 fully saturated rings. The molecule has 22 heavy (non-hydrogen) atoms. The summed E-state index contributed by atoms with van der Waals surface area (Å²) in [7, 11) is 0. The van der Waals surface area contributed by atoms with E-state index >= 15 is 0 Å². The third-order valence-corrected chi connectivity index (χ3v) is 3.83. The van der Waals surface area contributed by atoms with Crippen LogP contribution in [-0.4, -0.2) is 4.98 Å². The van der Waals surface area contributed by atoms with Crippen molar-refractivity contribution in [3.8, 4) is 0 Å². The highest BCUT2D eigenvalue weighted by molar-refractivity contribution is 5.90. The highest BCUT2D eigenvalue weighted by atomic mass is 14.7. The highest BCUT2D eigenvalue weighted by Gasteiger charge is 1.98. The van der Waals surface area contributed by atoms with Gasteiger partial charge in [-0.05, 0) is 19.1 Å². The minimum absolute atomic E-state index is 0.804. The number of nitrogens with zero attached hydrogens (tertiary/aromatic N) is 1. The molecular formula is C20H32N2. The minimum atomic E-state index is 0.804. The van der Waals surface area contributed by atoms with Crippen LogP contribution in [0, 0.1) is 6.92 Å². The number of nitrogens with two attached hydrogens (primary N) is 1. The van der Waals surface area contributed by atoms with E-state index in [1.807, 2.05) is 37.3 Å². The first-order chi connectivity index (χ1) is 10.7. The number of para-hydroxylation sites is 1. The summed E-state index contributed by atoms with van der Waals surface area (Å²) in [6.07, 6.45) is 11.5. The molecule has 2 N–H and O–H groups in total. The molecule has 0 saturated carbocycles. The van der Waals surface area contributed by atoms with Crippen LogP contribution in [0.4, 0.5) is 5.69 Å². The lowest BCUT2D eigenvalue weighted by atomic mass is 10.1. The number of aryl methyl sites for hydroxylation is 1. The van der Waals surface area contributed by atoms with Gasteiger partial charge in [0.25, 0.3) is 0 Å². The number of hydrogen-bond donors (Lipinski definition) is 1. The first kappa shape index (κ1) is 18.5. The molecule has 0 aliphatic carbocycles. The zero-order valence-electron chi connectivity index (χ0n) is 14.6. The lowest BCUT2D eigenvalue weighted by Gasteiger charge is -2.01. The van der Waals surface area contributed by atoms with Gasteiger partial charge in [-0.2, -0.15) is 0 Å². The summed E-state index contributed by atoms with van der Waals surface area (Å²) in [5.41, 5.74) is 8.55. The molecular weight excluding hydrogens is 268 g/mol. The highest BCUT2D eigenvalue weighted by Crippen LogP contribution is 2.19. The number of hydrogen-bond acceptors (Lipinski definition) is 2. The maximum Gasteiger partial charge on any atom is 0.0725 e. The standard InChI is InChI=1S/C10H10N2.C10H22/c1-7-6-9(11)8-4-2-3-5-10(8)12-7;1-3-5-7-9-10-8-6-4-2/h2-6H,1H3,(H2,11,12);3-10H2,1-2H3. The Morgan fingerprint density at radius 3 is 2.00 bits per heavy atom. The third kappa shape index (κ3) is 6.93. The Morgan fingerprint density at radius 1 is 0.864 bits per heavy atom. The molecule has 0 aliphatic rings. The van der Waals surface area contributed by atoms with Crippen molar-refractivity contribution in [1.82, 2.24) is 4.98 Å². The number of aromatic nitrogens is 1. The van der Waals surface area contributed by atoms with Gasteiger partial charge in [-0.3, -0.25) is 4.98 Å². The van der Waals surface area contributed by atoms with E-state index in [1.165, 1.54) is 51.4 Å². The van der Waals surface area contributed by atoms with E-state index in [1.54, 1.807) is 0 Å². The van der Waals surface area contributed by atoms with Crippen LogP contribution in [-0.2, 0) is 0 Å². The number of rotatable bonds is 7. The molecule has 1 heterocycles. The molecule has 0 spiro atoms. The summed E-state index contributed by atoms with van der Waals surface area (Å²) in [5, 5.41) is 1.03. The van der Waals surface area contributed by atoms with Crippen LogP contribution in [0.1, 0.15) is 70.9 Å². The van der Waals surface area contributed by atoms with E-state index in [9.17, 15) is 0 Å². The monoisotopic (exact) mass is 300 g/mol. The molecule has 2 nitrogen and oxygen atoms in total. The van der Waals surface area contributed by atoms with E-state index in [0.29, 0.717) is 0 Å². The van der Waals surface area contributed by atoms with Gasteiger partial charge < -0.3 is 5.73 Å². The van der Waals surface area contributed by atoms with Crippen LogP contribution >= 0.6 is 0 Å². The zero-order chi connectivity index (χ0) is 16.2. The lowest BCUT2D eigenvalue weighted by molar-refractivity contribution is 0.585. The smallest absolute Gasteiger partial charge is 0.0725 e. The molecule has 0 saturated heterocycles. The van der Waals surface area contributed by atoms with Gasteiger partial charge in [-0.15, -0.1) is 0 Å². The molecule has 2 aromatic rings. The molecule has 0 atom stereocenters. The van der Waals surface area contributed by atoms with Crippen LogP contribution in [0.5, 0.6) is 0 Å². The van der Waals surface area contributed by atoms with Gasteiger partial charge in [-0.1, -0.05) is 83.4 Å². The predicted molar refractivity (Wildman–Crippen MR) is 99.2 cm³/mol. The SMILES string of the molecule is CCCCCCCCCC.Cc1cc(N)c2ccccc2n1. The Labute approximate surface area is 136 Å². The number of pyridine rings is 1. The van der Waals surface area contributed by atoms with Gasteiger partial charge >= 0.3 is 0 Å². The van der Waals surface area contributed by atoms with Gasteiger partial charge in [0.05, 0.1) is 5.52 Å². The van der Waals surface area contributed by atoms with Crippen molar-refractivity contribution in [3.63, 3.8) is 0 Å². The molecule has 0 radical (unpaired) electrons. The van der Waals surface area contributed by atoms with Crippen LogP contribution < -0.4 is 5.73 Å². The molecule has 122 valence electrons. The first-order valence-corrected chi connectivity index (χ1v) is 8.80. The summed E-state index contributed by atoms with van der Waals surface area (Å²) in [4.78, 5) is 4.36. The number of anilines is 1. The lowest BCUT2D eigenvalue weighted by Crippen LogP contribution is -1.91. The molecule has 0 amide bonds. The van der Waals surface area contributed by atoms with E-state index in [0.717, 1.165) is 22.3 Å².